The van der Waals surface area contributed by atoms with Crippen molar-refractivity contribution in [2.75, 3.05) is 20.8 Å². The lowest BCUT2D eigenvalue weighted by Crippen LogP contribution is -2.56. The van der Waals surface area contributed by atoms with Crippen LogP contribution >= 0.6 is 0 Å². The van der Waals surface area contributed by atoms with E-state index < -0.39 is 17.7 Å². The Morgan fingerprint density at radius 2 is 2.07 bits per heavy atom. The van der Waals surface area contributed by atoms with E-state index >= 15 is 0 Å². The van der Waals surface area contributed by atoms with Gasteiger partial charge in [-0.2, -0.15) is 0 Å². The highest BCUT2D eigenvalue weighted by Gasteiger charge is 2.48. The Kier molecular flexibility index (Phi) is 3.67. The molecule has 0 aromatic carbocycles. The second kappa shape index (κ2) is 4.44. The number of hydrogen-bond acceptors (Lipinski definition) is 5. The Morgan fingerprint density at radius 3 is 2.40 bits per heavy atom. The molecule has 1 fully saturated rings. The summed E-state index contributed by atoms with van der Waals surface area (Å²) in [5.41, 5.74) is -1.40. The van der Waals surface area contributed by atoms with Crippen molar-refractivity contribution < 1.29 is 24.1 Å². The van der Waals surface area contributed by atoms with Gasteiger partial charge in [-0.15, -0.1) is 0 Å². The molecule has 1 saturated heterocycles. The number of aliphatic carboxylic acids is 1. The first kappa shape index (κ1) is 12.4. The summed E-state index contributed by atoms with van der Waals surface area (Å²) < 4.78 is 15.3. The van der Waals surface area contributed by atoms with Crippen LogP contribution in [0.1, 0.15) is 19.8 Å². The molecule has 0 unspecified atom stereocenters. The zero-order chi connectivity index (χ0) is 11.5. The quantitative estimate of drug-likeness (QED) is 0.640. The van der Waals surface area contributed by atoms with E-state index in [0.717, 1.165) is 6.42 Å². The minimum absolute atomic E-state index is 0.393. The number of nitrogens with one attached hydrogen (secondary N) is 1. The van der Waals surface area contributed by atoms with Gasteiger partial charge in [-0.3, -0.25) is 10.1 Å². The highest BCUT2D eigenvalue weighted by molar-refractivity contribution is 5.77. The van der Waals surface area contributed by atoms with E-state index in [0.29, 0.717) is 13.0 Å². The van der Waals surface area contributed by atoms with Gasteiger partial charge in [-0.05, 0) is 13.0 Å². The molecular weight excluding hydrogens is 202 g/mol. The summed E-state index contributed by atoms with van der Waals surface area (Å²) in [5, 5.41) is 11.9. The molecule has 88 valence electrons. The molecular formula is C9H17NO5. The fourth-order valence-electron chi connectivity index (χ4n) is 1.51. The molecule has 0 aliphatic carbocycles. The van der Waals surface area contributed by atoms with Gasteiger partial charge in [-0.25, -0.2) is 4.79 Å². The molecule has 1 heterocycles. The Hall–Kier alpha value is -0.690. The van der Waals surface area contributed by atoms with Crippen LogP contribution < -0.4 is 5.32 Å². The Labute approximate surface area is 88.5 Å². The predicted molar refractivity (Wildman–Crippen MR) is 51.1 cm³/mol. The van der Waals surface area contributed by atoms with Crippen molar-refractivity contribution in [1.29, 1.82) is 0 Å². The number of carboxylic acids is 1. The van der Waals surface area contributed by atoms with Crippen molar-refractivity contribution in [2.24, 2.45) is 0 Å². The van der Waals surface area contributed by atoms with Crippen molar-refractivity contribution in [3.8, 4) is 0 Å². The summed E-state index contributed by atoms with van der Waals surface area (Å²) >= 11 is 0. The topological polar surface area (TPSA) is 77.0 Å². The lowest BCUT2D eigenvalue weighted by molar-refractivity contribution is -0.383. The normalized spacial score (nSPS) is 26.9. The van der Waals surface area contributed by atoms with Crippen LogP contribution in [0.15, 0.2) is 0 Å². The monoisotopic (exact) mass is 219 g/mol. The first-order valence-corrected chi connectivity index (χ1v) is 4.77. The molecule has 0 radical (unpaired) electrons. The van der Waals surface area contributed by atoms with Crippen molar-refractivity contribution >= 4 is 5.97 Å². The fraction of sp³-hybridized carbons (Fsp3) is 0.889. The molecule has 0 amide bonds. The van der Waals surface area contributed by atoms with Crippen molar-refractivity contribution in [2.45, 2.75) is 31.5 Å². The summed E-state index contributed by atoms with van der Waals surface area (Å²) in [5.74, 6) is -2.41. The van der Waals surface area contributed by atoms with E-state index in [1.807, 2.05) is 0 Å². The number of carboxylic acid groups (broad SMARTS) is 1. The highest BCUT2D eigenvalue weighted by Crippen LogP contribution is 2.28. The van der Waals surface area contributed by atoms with Gasteiger partial charge >= 0.3 is 5.97 Å². The first-order chi connectivity index (χ1) is 6.98. The molecule has 0 aromatic rings. The van der Waals surface area contributed by atoms with Gasteiger partial charge in [-0.1, -0.05) is 0 Å². The Morgan fingerprint density at radius 1 is 1.47 bits per heavy atom. The minimum atomic E-state index is -1.40. The predicted octanol–water partition coefficient (Wildman–Crippen LogP) is 0.134. The van der Waals surface area contributed by atoms with E-state index in [1.165, 1.54) is 21.1 Å². The third kappa shape index (κ3) is 2.46. The van der Waals surface area contributed by atoms with E-state index in [1.54, 1.807) is 0 Å². The zero-order valence-electron chi connectivity index (χ0n) is 9.20. The maximum atomic E-state index is 11.1. The van der Waals surface area contributed by atoms with Gasteiger partial charge in [0.1, 0.15) is 0 Å². The summed E-state index contributed by atoms with van der Waals surface area (Å²) in [4.78, 5) is 11.1. The number of ether oxygens (including phenoxy) is 3. The highest BCUT2D eigenvalue weighted by atomic mass is 16.9. The summed E-state index contributed by atoms with van der Waals surface area (Å²) in [6.45, 7) is 2.13. The van der Waals surface area contributed by atoms with Crippen LogP contribution in [0.4, 0.5) is 0 Å². The van der Waals surface area contributed by atoms with Gasteiger partial charge in [0.25, 0.3) is 5.97 Å². The first-order valence-electron chi connectivity index (χ1n) is 4.77. The van der Waals surface area contributed by atoms with Crippen molar-refractivity contribution in [3.05, 3.63) is 0 Å². The molecule has 6 heteroatoms. The molecule has 15 heavy (non-hydrogen) atoms. The molecule has 0 bridgehead atoms. The van der Waals surface area contributed by atoms with Crippen LogP contribution in [0, 0.1) is 0 Å². The van der Waals surface area contributed by atoms with Gasteiger partial charge in [0.2, 0.25) is 5.72 Å². The third-order valence-electron chi connectivity index (χ3n) is 2.56. The standard InChI is InChI=1S/C9H17NO5/c1-8(13-2,14-3)15-9(7(11)12)5-4-6-10-9/h10H,4-6H2,1-3H3,(H,11,12)/t9-/m1/s1. The molecule has 1 aliphatic rings. The van der Waals surface area contributed by atoms with Crippen LogP contribution in [0.2, 0.25) is 0 Å². The lowest BCUT2D eigenvalue weighted by atomic mass is 10.1. The average Bonchev–Trinajstić information content (AvgIpc) is 2.67. The molecule has 6 nitrogen and oxygen atoms in total. The van der Waals surface area contributed by atoms with E-state index in [-0.39, 0.29) is 0 Å². The van der Waals surface area contributed by atoms with Crippen LogP contribution in [0.25, 0.3) is 0 Å². The SMILES string of the molecule is COC(C)(OC)O[C@@]1(C(=O)O)CCCN1. The number of rotatable bonds is 5. The summed E-state index contributed by atoms with van der Waals surface area (Å²) in [7, 11) is 2.79. The smallest absolute Gasteiger partial charge is 0.351 e. The molecule has 1 atom stereocenters. The Bertz CT molecular complexity index is 233. The maximum absolute atomic E-state index is 11.1. The maximum Gasteiger partial charge on any atom is 0.351 e. The molecule has 1 rings (SSSR count). The number of methoxy groups -OCH3 is 2. The average molecular weight is 219 g/mol. The fourth-order valence-corrected chi connectivity index (χ4v) is 1.51. The van der Waals surface area contributed by atoms with Crippen LogP contribution in [-0.4, -0.2) is 43.5 Å². The van der Waals surface area contributed by atoms with Crippen molar-refractivity contribution in [1.82, 2.24) is 5.32 Å². The lowest BCUT2D eigenvalue weighted by Gasteiger charge is -2.35. The van der Waals surface area contributed by atoms with Crippen molar-refractivity contribution in [3.63, 3.8) is 0 Å². The molecule has 0 saturated carbocycles. The van der Waals surface area contributed by atoms with E-state index in [4.69, 9.17) is 19.3 Å². The second-order valence-electron chi connectivity index (χ2n) is 3.54. The largest absolute Gasteiger partial charge is 0.478 e. The molecule has 1 aliphatic heterocycles. The minimum Gasteiger partial charge on any atom is -0.478 e. The summed E-state index contributed by atoms with van der Waals surface area (Å²) in [6.07, 6.45) is 1.14. The van der Waals surface area contributed by atoms with Gasteiger partial charge in [0, 0.05) is 27.6 Å². The Balaban J connectivity index is 2.79. The number of hydrogen-bond donors (Lipinski definition) is 2. The molecule has 0 aromatic heterocycles. The zero-order valence-corrected chi connectivity index (χ0v) is 9.20. The van der Waals surface area contributed by atoms with Crippen LogP contribution in [0.5, 0.6) is 0 Å². The van der Waals surface area contributed by atoms with Gasteiger partial charge < -0.3 is 14.6 Å². The van der Waals surface area contributed by atoms with Gasteiger partial charge in [0.15, 0.2) is 0 Å². The number of carbonyl (C=O) groups is 1. The van der Waals surface area contributed by atoms with E-state index in [2.05, 4.69) is 5.32 Å². The molecule has 2 N–H and O–H groups in total. The van der Waals surface area contributed by atoms with Crippen LogP contribution in [0.3, 0.4) is 0 Å². The second-order valence-corrected chi connectivity index (χ2v) is 3.54. The van der Waals surface area contributed by atoms with Gasteiger partial charge in [0.05, 0.1) is 0 Å². The van der Waals surface area contributed by atoms with Crippen LogP contribution in [-0.2, 0) is 19.0 Å². The molecule has 0 spiro atoms. The summed E-state index contributed by atoms with van der Waals surface area (Å²) in [6, 6.07) is 0. The van der Waals surface area contributed by atoms with E-state index in [9.17, 15) is 4.79 Å². The third-order valence-corrected chi connectivity index (χ3v) is 2.56.